The first-order chi connectivity index (χ1) is 14.5. The summed E-state index contributed by atoms with van der Waals surface area (Å²) in [6.45, 7) is 5.38. The topological polar surface area (TPSA) is 157 Å². The summed E-state index contributed by atoms with van der Waals surface area (Å²) >= 11 is 0. The molecule has 0 aliphatic heterocycles. The number of rotatable bonds is 8. The Balaban J connectivity index is 1.97. The van der Waals surface area contributed by atoms with Crippen molar-refractivity contribution in [3.63, 3.8) is 0 Å². The van der Waals surface area contributed by atoms with E-state index in [9.17, 15) is 29.8 Å². The third kappa shape index (κ3) is 6.99. The van der Waals surface area contributed by atoms with Crippen LogP contribution >= 0.6 is 0 Å². The maximum atomic E-state index is 12.2. The number of nitro benzene ring substituents is 2. The van der Waals surface area contributed by atoms with Gasteiger partial charge in [-0.15, -0.1) is 0 Å². The number of carbonyl (C=O) groups excluding carboxylic acids is 2. The predicted octanol–water partition coefficient (Wildman–Crippen LogP) is 3.18. The molecule has 0 spiro atoms. The Hall–Kier alpha value is -4.15. The smallest absolute Gasteiger partial charge is 0.279 e. The van der Waals surface area contributed by atoms with Gasteiger partial charge in [0.05, 0.1) is 28.8 Å². The van der Waals surface area contributed by atoms with Gasteiger partial charge in [-0.3, -0.25) is 29.8 Å². The lowest BCUT2D eigenvalue weighted by Gasteiger charge is -2.08. The number of anilines is 1. The van der Waals surface area contributed by atoms with Gasteiger partial charge >= 0.3 is 0 Å². The summed E-state index contributed by atoms with van der Waals surface area (Å²) in [6, 6.07) is 8.68. The van der Waals surface area contributed by atoms with Crippen molar-refractivity contribution >= 4 is 34.6 Å². The summed E-state index contributed by atoms with van der Waals surface area (Å²) in [5.74, 6) is -0.975. The molecule has 2 amide bonds. The van der Waals surface area contributed by atoms with Crippen LogP contribution in [0.2, 0.25) is 0 Å². The zero-order valence-electron chi connectivity index (χ0n) is 17.2. The Morgan fingerprint density at radius 1 is 0.968 bits per heavy atom. The van der Waals surface area contributed by atoms with Gasteiger partial charge in [0.2, 0.25) is 11.8 Å². The molecule has 31 heavy (non-hydrogen) atoms. The SMILES string of the molecule is C/C(CC(=O)Nc1cc(C)cc(C)c1)=N\NC(=O)Cc1ccc([N+](=O)[O-])cc1[N+](=O)[O-]. The Morgan fingerprint density at radius 2 is 1.61 bits per heavy atom. The van der Waals surface area contributed by atoms with E-state index >= 15 is 0 Å². The Bertz CT molecular complexity index is 1060. The molecule has 0 aliphatic carbocycles. The summed E-state index contributed by atoms with van der Waals surface area (Å²) in [5.41, 5.74) is 4.27. The lowest BCUT2D eigenvalue weighted by atomic mass is 10.1. The van der Waals surface area contributed by atoms with Gasteiger partial charge < -0.3 is 5.32 Å². The maximum absolute atomic E-state index is 12.2. The molecule has 11 nitrogen and oxygen atoms in total. The Labute approximate surface area is 177 Å². The van der Waals surface area contributed by atoms with Crippen molar-refractivity contribution in [1.82, 2.24) is 5.43 Å². The Morgan fingerprint density at radius 3 is 2.19 bits per heavy atom. The highest BCUT2D eigenvalue weighted by Gasteiger charge is 2.21. The van der Waals surface area contributed by atoms with E-state index in [1.54, 1.807) is 6.92 Å². The van der Waals surface area contributed by atoms with Crippen molar-refractivity contribution < 1.29 is 19.4 Å². The molecule has 0 heterocycles. The number of nitrogens with zero attached hydrogens (tertiary/aromatic N) is 3. The summed E-state index contributed by atoms with van der Waals surface area (Å²) in [7, 11) is 0. The number of hydrazone groups is 1. The first-order valence-electron chi connectivity index (χ1n) is 9.17. The van der Waals surface area contributed by atoms with E-state index in [0.29, 0.717) is 11.4 Å². The highest BCUT2D eigenvalue weighted by Crippen LogP contribution is 2.25. The van der Waals surface area contributed by atoms with E-state index in [0.717, 1.165) is 29.3 Å². The van der Waals surface area contributed by atoms with Crippen molar-refractivity contribution in [3.8, 4) is 0 Å². The van der Waals surface area contributed by atoms with Crippen molar-refractivity contribution in [3.05, 3.63) is 73.3 Å². The number of aryl methyl sites for hydroxylation is 2. The average Bonchev–Trinajstić information content (AvgIpc) is 2.65. The number of nitrogens with one attached hydrogen (secondary N) is 2. The molecule has 0 fully saturated rings. The zero-order valence-corrected chi connectivity index (χ0v) is 17.2. The molecule has 11 heteroatoms. The highest BCUT2D eigenvalue weighted by molar-refractivity contribution is 6.05. The lowest BCUT2D eigenvalue weighted by molar-refractivity contribution is -0.394. The molecule has 0 radical (unpaired) electrons. The molecule has 0 saturated carbocycles. The van der Waals surface area contributed by atoms with E-state index in [1.165, 1.54) is 0 Å². The lowest BCUT2D eigenvalue weighted by Crippen LogP contribution is -2.23. The summed E-state index contributed by atoms with van der Waals surface area (Å²) in [6.07, 6.45) is -0.467. The van der Waals surface area contributed by atoms with Gasteiger partial charge in [-0.1, -0.05) is 6.07 Å². The van der Waals surface area contributed by atoms with Gasteiger partial charge in [-0.05, 0) is 50.1 Å². The third-order valence-corrected chi connectivity index (χ3v) is 4.12. The van der Waals surface area contributed by atoms with Crippen LogP contribution in [0.4, 0.5) is 17.1 Å². The standard InChI is InChI=1S/C20H21N5O6/c1-12-6-13(2)8-16(7-12)21-19(26)9-14(3)22-23-20(27)10-15-4-5-17(24(28)29)11-18(15)25(30)31/h4-8,11H,9-10H2,1-3H3,(H,21,26)(H,23,27)/b22-14+. The van der Waals surface area contributed by atoms with Crippen LogP contribution in [0.15, 0.2) is 41.5 Å². The molecule has 0 atom stereocenters. The number of carbonyl (C=O) groups is 2. The number of hydrogen-bond donors (Lipinski definition) is 2. The fraction of sp³-hybridized carbons (Fsp3) is 0.250. The molecule has 0 saturated heterocycles. The zero-order chi connectivity index (χ0) is 23.1. The monoisotopic (exact) mass is 427 g/mol. The molecule has 2 aromatic carbocycles. The quantitative estimate of drug-likeness (QED) is 0.374. The first-order valence-corrected chi connectivity index (χ1v) is 9.17. The predicted molar refractivity (Wildman–Crippen MR) is 114 cm³/mol. The Kier molecular flexibility index (Phi) is 7.50. The van der Waals surface area contributed by atoms with Gasteiger partial charge in [0.15, 0.2) is 0 Å². The average molecular weight is 427 g/mol. The molecular weight excluding hydrogens is 406 g/mol. The van der Waals surface area contributed by atoms with Crippen molar-refractivity contribution in [2.24, 2.45) is 5.10 Å². The first kappa shape index (κ1) is 23.1. The van der Waals surface area contributed by atoms with E-state index in [1.807, 2.05) is 32.0 Å². The third-order valence-electron chi connectivity index (χ3n) is 4.12. The number of nitro groups is 2. The second-order valence-electron chi connectivity index (χ2n) is 6.99. The van der Waals surface area contributed by atoms with E-state index in [2.05, 4.69) is 15.8 Å². The minimum atomic E-state index is -0.790. The summed E-state index contributed by atoms with van der Waals surface area (Å²) in [5, 5.41) is 28.5. The molecule has 2 aromatic rings. The maximum Gasteiger partial charge on any atom is 0.279 e. The van der Waals surface area contributed by atoms with Crippen LogP contribution in [0.25, 0.3) is 0 Å². The van der Waals surface area contributed by atoms with E-state index < -0.39 is 33.5 Å². The minimum absolute atomic E-state index is 0.00788. The van der Waals surface area contributed by atoms with Gasteiger partial charge in [-0.25, -0.2) is 5.43 Å². The van der Waals surface area contributed by atoms with Crippen molar-refractivity contribution in [2.75, 3.05) is 5.32 Å². The summed E-state index contributed by atoms with van der Waals surface area (Å²) in [4.78, 5) is 44.6. The van der Waals surface area contributed by atoms with Crippen LogP contribution in [-0.4, -0.2) is 27.4 Å². The van der Waals surface area contributed by atoms with Crippen LogP contribution in [0, 0.1) is 34.1 Å². The molecule has 0 bridgehead atoms. The number of hydrogen-bond acceptors (Lipinski definition) is 7. The molecule has 2 N–H and O–H groups in total. The minimum Gasteiger partial charge on any atom is -0.326 e. The molecule has 0 unspecified atom stereocenters. The number of benzene rings is 2. The van der Waals surface area contributed by atoms with E-state index in [4.69, 9.17) is 0 Å². The van der Waals surface area contributed by atoms with Crippen LogP contribution in [0.3, 0.4) is 0 Å². The van der Waals surface area contributed by atoms with Crippen LogP contribution in [-0.2, 0) is 16.0 Å². The highest BCUT2D eigenvalue weighted by atomic mass is 16.6. The van der Waals surface area contributed by atoms with Crippen LogP contribution < -0.4 is 10.7 Å². The normalized spacial score (nSPS) is 11.0. The molecule has 2 rings (SSSR count). The number of non-ortho nitro benzene ring substituents is 1. The fourth-order valence-electron chi connectivity index (χ4n) is 2.88. The van der Waals surface area contributed by atoms with Gasteiger partial charge in [0.25, 0.3) is 11.4 Å². The van der Waals surface area contributed by atoms with Gasteiger partial charge in [-0.2, -0.15) is 5.10 Å². The summed E-state index contributed by atoms with van der Waals surface area (Å²) < 4.78 is 0. The second kappa shape index (κ2) is 10.1. The van der Waals surface area contributed by atoms with E-state index in [-0.39, 0.29) is 17.9 Å². The van der Waals surface area contributed by atoms with Gasteiger partial charge in [0.1, 0.15) is 0 Å². The van der Waals surface area contributed by atoms with Gasteiger partial charge in [0, 0.05) is 23.0 Å². The van der Waals surface area contributed by atoms with Crippen LogP contribution in [0.5, 0.6) is 0 Å². The number of amides is 2. The molecule has 0 aromatic heterocycles. The molecule has 0 aliphatic rings. The van der Waals surface area contributed by atoms with Crippen molar-refractivity contribution in [2.45, 2.75) is 33.6 Å². The van der Waals surface area contributed by atoms with Crippen molar-refractivity contribution in [1.29, 1.82) is 0 Å². The second-order valence-corrected chi connectivity index (χ2v) is 6.99. The fourth-order valence-corrected chi connectivity index (χ4v) is 2.88. The molecule has 162 valence electrons. The van der Waals surface area contributed by atoms with Crippen LogP contribution in [0.1, 0.15) is 30.0 Å². The molecular formula is C20H21N5O6. The largest absolute Gasteiger partial charge is 0.326 e.